The Labute approximate surface area is 887 Å². The third-order valence-corrected chi connectivity index (χ3v) is 30.2. The summed E-state index contributed by atoms with van der Waals surface area (Å²) in [5, 5.41) is 0. The Morgan fingerprint density at radius 1 is 0.371 bits per heavy atom. The molecule has 10 heterocycles. The number of benzene rings is 10. The topological polar surface area (TPSA) is 76.1 Å². The van der Waals surface area contributed by atoms with E-state index in [1.807, 2.05) is 157 Å². The molecule has 2 aliphatic heterocycles. The molecule has 3 radical (unpaired) electrons. The summed E-state index contributed by atoms with van der Waals surface area (Å²) >= 11 is 0. The van der Waals surface area contributed by atoms with Gasteiger partial charge in [-0.15, -0.1) is 190 Å². The third kappa shape index (κ3) is 23.9. The van der Waals surface area contributed by atoms with Crippen molar-refractivity contribution in [2.75, 3.05) is 0 Å². The van der Waals surface area contributed by atoms with Crippen LogP contribution < -0.4 is 13.7 Å². The predicted octanol–water partition coefficient (Wildman–Crippen LogP) is 28.0. The van der Waals surface area contributed by atoms with E-state index in [0.717, 1.165) is 144 Å². The van der Waals surface area contributed by atoms with Crippen LogP contribution in [0.5, 0.6) is 0 Å². The maximum atomic E-state index is 4.82. The van der Waals surface area contributed by atoms with Gasteiger partial charge in [-0.05, 0) is 270 Å². The van der Waals surface area contributed by atoms with E-state index in [9.17, 15) is 0 Å². The molecule has 143 heavy (non-hydrogen) atoms. The molecule has 0 saturated heterocycles. The summed E-state index contributed by atoms with van der Waals surface area (Å²) in [5.74, 6) is 3.97. The zero-order valence-corrected chi connectivity index (χ0v) is 89.3. The average molecular weight is 2400 g/mol. The van der Waals surface area contributed by atoms with E-state index in [4.69, 9.17) is 15.0 Å². The van der Waals surface area contributed by atoms with Gasteiger partial charge in [-0.2, -0.15) is 32.9 Å². The SMILES string of the molecule is CC(C)Cc1cccc(-c2[c-]cccc2)n1.CC1(C)C2Cc3cc(-c4[c-]cc5c(c4)CCCC5)ncc3C1C2.[Ir].[Ir].[Ir].[c-]1ccc(-c2ccccc2)cc1-c1ccccn1.[c-]1ccccc1-c1ccc(CCc2ccc(CCc3cc[c-]c(-[n+]4[c-]cccc4)c3)cc2CCc2ccc(-c3[c-]cccc3)nc2)cn1.c1c2c(cc3c1C[n+]1cc4c(cc1-3)C1CCC4C1)CCCC2.c1ccc2c(c1)C[n+]1ccccc1-2. The first-order chi connectivity index (χ1) is 68.9. The number of hydrogen-bond donors (Lipinski definition) is 0. The van der Waals surface area contributed by atoms with Gasteiger partial charge in [-0.3, -0.25) is 0 Å². The van der Waals surface area contributed by atoms with Gasteiger partial charge in [-0.25, -0.2) is 0 Å². The molecule has 2 saturated carbocycles. The zero-order valence-electron chi connectivity index (χ0n) is 82.1. The maximum absolute atomic E-state index is 4.82. The Morgan fingerprint density at radius 2 is 0.972 bits per heavy atom. The number of fused-ring (bicyclic) bond motifs is 13. The van der Waals surface area contributed by atoms with Crippen molar-refractivity contribution in [3.63, 3.8) is 0 Å². The summed E-state index contributed by atoms with van der Waals surface area (Å²) in [6, 6.07) is 130. The first kappa shape index (κ1) is 100. The summed E-state index contributed by atoms with van der Waals surface area (Å²) in [6.45, 7) is 11.4. The van der Waals surface area contributed by atoms with Crippen LogP contribution in [0, 0.1) is 59.8 Å². The van der Waals surface area contributed by atoms with Crippen LogP contribution in [-0.2, 0) is 150 Å². The van der Waals surface area contributed by atoms with Crippen molar-refractivity contribution in [2.45, 2.75) is 187 Å². The Kier molecular flexibility index (Phi) is 33.2. The van der Waals surface area contributed by atoms with Crippen molar-refractivity contribution in [2.24, 2.45) is 17.3 Å². The van der Waals surface area contributed by atoms with Gasteiger partial charge in [0.1, 0.15) is 6.20 Å². The van der Waals surface area contributed by atoms with Crippen molar-refractivity contribution >= 4 is 0 Å². The number of pyridine rings is 8. The Balaban J connectivity index is 0.000000120. The normalized spacial score (nSPS) is 15.7. The van der Waals surface area contributed by atoms with E-state index in [2.05, 4.69) is 290 Å². The fourth-order valence-electron chi connectivity index (χ4n) is 22.4. The molecule has 18 aromatic rings. The number of hydrogen-bond acceptors (Lipinski definition) is 5. The van der Waals surface area contributed by atoms with Crippen molar-refractivity contribution in [1.29, 1.82) is 0 Å². The van der Waals surface area contributed by atoms with E-state index in [1.165, 1.54) is 178 Å². The molecule has 4 bridgehead atoms. The molecule has 8 nitrogen and oxygen atoms in total. The number of aromatic nitrogens is 8. The molecule has 2 fully saturated rings. The van der Waals surface area contributed by atoms with Crippen LogP contribution in [-0.4, -0.2) is 24.9 Å². The van der Waals surface area contributed by atoms with Crippen LogP contribution in [0.3, 0.4) is 0 Å². The largest absolute Gasteiger partial charge is 0.307 e. The summed E-state index contributed by atoms with van der Waals surface area (Å²) in [4.78, 5) is 23.3. The molecule has 27 rings (SSSR count). The summed E-state index contributed by atoms with van der Waals surface area (Å²) < 4.78 is 6.80. The van der Waals surface area contributed by atoms with Crippen LogP contribution in [0.2, 0.25) is 0 Å². The Bertz CT molecular complexity index is 7230. The molecule has 4 unspecified atom stereocenters. The second-order valence-electron chi connectivity index (χ2n) is 40.1. The quantitative estimate of drug-likeness (QED) is 0.0632. The van der Waals surface area contributed by atoms with E-state index in [1.54, 1.807) is 39.6 Å². The molecule has 11 heteroatoms. The fraction of sp³-hybridized carbons (Fsp3) is 0.242. The second-order valence-corrected chi connectivity index (χ2v) is 40.1. The van der Waals surface area contributed by atoms with Crippen LogP contribution in [0.1, 0.15) is 192 Å². The average Bonchev–Trinajstić information content (AvgIpc) is 0.860. The standard InChI is InChI=1S/C45H36N3.C22H24N.C21H22N.C17H12N.C15H16N.C12H10N.3Ir/c1-4-12-40(13-5-1)44-27-22-37(33-46-44)20-25-39-24-19-36(18-17-35-11-10-16-43(32-35)48-29-8-3-9-30-48)31-42(39)26-21-38-23-28-45(47-34-38)41-14-6-2-7-15-41;1-22(2)18-10-17-11-21(23-13-19(17)20(22)12-18)16-8-7-14-5-3-4-6-15(14)9-16;1-2-4-14-9-19-17(7-13(14)3-1)11-22-12-20-16-6-5-15(8-16)18(20)10-21(19)22;1-2-7-14(8-3-1)15-9-6-10-16(13-15)17-11-4-5-12-18-17;1-12(2)11-14-9-6-10-15(16-14)13-7-4-3-5-8-13;1-2-6-11-10(5-1)9-13-8-4-3-7-12(11)13;;;/h1-12,14,19,22-24,27-29,31-34H,17-18,20-21,25-26H2;7,9,11,13,18,20H,3-6,10,12H2,1-2H3;7,9-10,12,15-16H,1-6,8,11H2;1-9,11-13H;3-7,9-10,12H,11H2,1-2H3;1-8H,9H2;;;/q-3;-1;+1;2*-1;+1;;;. The molecular weight excluding hydrogens is 2270 g/mol. The van der Waals surface area contributed by atoms with Crippen LogP contribution in [0.25, 0.3) is 95.6 Å². The molecule has 10 aromatic carbocycles. The minimum Gasteiger partial charge on any atom is -0.307 e. The van der Waals surface area contributed by atoms with Gasteiger partial charge in [0.25, 0.3) is 0 Å². The first-order valence-corrected chi connectivity index (χ1v) is 51.0. The van der Waals surface area contributed by atoms with E-state index in [-0.39, 0.29) is 60.3 Å². The molecule has 0 spiro atoms. The second kappa shape index (κ2) is 47.3. The van der Waals surface area contributed by atoms with Crippen molar-refractivity contribution in [3.8, 4) is 95.6 Å². The van der Waals surface area contributed by atoms with E-state index >= 15 is 0 Å². The number of rotatable bonds is 18. The van der Waals surface area contributed by atoms with Gasteiger partial charge in [0.15, 0.2) is 25.5 Å². The van der Waals surface area contributed by atoms with Gasteiger partial charge >= 0.3 is 0 Å². The molecule has 0 N–H and O–H groups in total. The monoisotopic (exact) mass is 2400 g/mol. The smallest absolute Gasteiger partial charge is 0.213 e. The molecule has 719 valence electrons. The number of aryl methyl sites for hydroxylation is 10. The predicted molar refractivity (Wildman–Crippen MR) is 564 cm³/mol. The Morgan fingerprint density at radius 3 is 1.66 bits per heavy atom. The van der Waals surface area contributed by atoms with Gasteiger partial charge in [0.2, 0.25) is 11.4 Å². The van der Waals surface area contributed by atoms with Crippen LogP contribution in [0.4, 0.5) is 0 Å². The van der Waals surface area contributed by atoms with Crippen LogP contribution >= 0.6 is 0 Å². The Hall–Kier alpha value is -12.7. The molecule has 0 amide bonds. The van der Waals surface area contributed by atoms with E-state index in [0.29, 0.717) is 11.3 Å². The maximum Gasteiger partial charge on any atom is 0.213 e. The molecule has 4 atom stereocenters. The van der Waals surface area contributed by atoms with E-state index < -0.39 is 0 Å². The van der Waals surface area contributed by atoms with Gasteiger partial charge in [0.05, 0.1) is 17.3 Å². The van der Waals surface area contributed by atoms with Crippen LogP contribution in [0.15, 0.2) is 359 Å². The molecule has 7 aliphatic carbocycles. The van der Waals surface area contributed by atoms with Crippen molar-refractivity contribution < 1.29 is 74.0 Å². The molecule has 8 aromatic heterocycles. The summed E-state index contributed by atoms with van der Waals surface area (Å²) in [5.41, 5.74) is 44.8. The van der Waals surface area contributed by atoms with Gasteiger partial charge in [0, 0.05) is 131 Å². The zero-order chi connectivity index (χ0) is 94.5. The van der Waals surface area contributed by atoms with Gasteiger partial charge < -0.3 is 29.5 Å². The summed E-state index contributed by atoms with van der Waals surface area (Å²) in [7, 11) is 0. The first-order valence-electron chi connectivity index (χ1n) is 51.0. The van der Waals surface area contributed by atoms with Crippen molar-refractivity contribution in [1.82, 2.24) is 24.9 Å². The fourth-order valence-corrected chi connectivity index (χ4v) is 22.4. The minimum atomic E-state index is 0. The number of nitrogens with zero attached hydrogens (tertiary/aromatic N) is 8. The van der Waals surface area contributed by atoms with Gasteiger partial charge in [-0.1, -0.05) is 180 Å². The summed E-state index contributed by atoms with van der Waals surface area (Å²) in [6.07, 6.45) is 42.0. The molecular formula is C132H120Ir3N8-4. The third-order valence-electron chi connectivity index (χ3n) is 30.2. The minimum absolute atomic E-state index is 0. The van der Waals surface area contributed by atoms with Crippen molar-refractivity contribution in [3.05, 3.63) is 496 Å². The molecule has 9 aliphatic rings.